The van der Waals surface area contributed by atoms with Gasteiger partial charge in [0.2, 0.25) is 5.95 Å². The molecular formula is C10H14BrN3. The van der Waals surface area contributed by atoms with E-state index < -0.39 is 0 Å². The first-order valence-electron chi connectivity index (χ1n) is 4.46. The minimum atomic E-state index is 0.739. The number of allylic oxidation sites excluding steroid dienone is 1. The van der Waals surface area contributed by atoms with E-state index in [1.807, 2.05) is 37.5 Å². The number of nitrogens with zero attached hydrogens (tertiary/aromatic N) is 3. The smallest absolute Gasteiger partial charge is 0.224 e. The van der Waals surface area contributed by atoms with Gasteiger partial charge in [0.25, 0.3) is 0 Å². The molecule has 0 amide bonds. The summed E-state index contributed by atoms with van der Waals surface area (Å²) in [6.45, 7) is 0. The van der Waals surface area contributed by atoms with E-state index in [0.29, 0.717) is 0 Å². The van der Waals surface area contributed by atoms with Crippen molar-refractivity contribution in [3.63, 3.8) is 0 Å². The second-order valence-electron chi connectivity index (χ2n) is 3.09. The van der Waals surface area contributed by atoms with Crippen molar-refractivity contribution in [3.8, 4) is 0 Å². The van der Waals surface area contributed by atoms with Crippen molar-refractivity contribution in [2.75, 3.05) is 24.3 Å². The van der Waals surface area contributed by atoms with Crippen LogP contribution in [0.5, 0.6) is 0 Å². The summed E-state index contributed by atoms with van der Waals surface area (Å²) in [5.41, 5.74) is 1.04. The van der Waals surface area contributed by atoms with Gasteiger partial charge >= 0.3 is 0 Å². The largest absolute Gasteiger partial charge is 0.347 e. The molecule has 0 aliphatic rings. The highest BCUT2D eigenvalue weighted by molar-refractivity contribution is 9.09. The molecule has 0 spiro atoms. The Labute approximate surface area is 93.0 Å². The van der Waals surface area contributed by atoms with E-state index in [4.69, 9.17) is 0 Å². The van der Waals surface area contributed by atoms with E-state index in [-0.39, 0.29) is 0 Å². The molecule has 1 heterocycles. The van der Waals surface area contributed by atoms with Crippen molar-refractivity contribution in [2.45, 2.75) is 6.42 Å². The van der Waals surface area contributed by atoms with E-state index in [1.54, 1.807) is 0 Å². The fourth-order valence-corrected chi connectivity index (χ4v) is 1.19. The van der Waals surface area contributed by atoms with E-state index in [0.717, 1.165) is 23.3 Å². The molecule has 4 heteroatoms. The summed E-state index contributed by atoms with van der Waals surface area (Å²) in [7, 11) is 3.85. The van der Waals surface area contributed by atoms with Gasteiger partial charge in [-0.15, -0.1) is 0 Å². The third-order valence-electron chi connectivity index (χ3n) is 1.64. The lowest BCUT2D eigenvalue weighted by molar-refractivity contribution is 0.996. The summed E-state index contributed by atoms with van der Waals surface area (Å²) in [5, 5.41) is 0.986. The molecule has 14 heavy (non-hydrogen) atoms. The lowest BCUT2D eigenvalue weighted by Crippen LogP contribution is -2.12. The molecule has 76 valence electrons. The number of rotatable bonds is 4. The van der Waals surface area contributed by atoms with Crippen LogP contribution in [-0.2, 0) is 0 Å². The van der Waals surface area contributed by atoms with Crippen LogP contribution >= 0.6 is 15.9 Å². The fraction of sp³-hybridized carbons (Fsp3) is 0.400. The van der Waals surface area contributed by atoms with Crippen LogP contribution in [0.3, 0.4) is 0 Å². The van der Waals surface area contributed by atoms with E-state index in [1.165, 1.54) is 0 Å². The van der Waals surface area contributed by atoms with Gasteiger partial charge in [-0.2, -0.15) is 0 Å². The van der Waals surface area contributed by atoms with Gasteiger partial charge in [-0.1, -0.05) is 28.1 Å². The van der Waals surface area contributed by atoms with Crippen LogP contribution in [-0.4, -0.2) is 29.4 Å². The van der Waals surface area contributed by atoms with Crippen LogP contribution < -0.4 is 4.90 Å². The zero-order valence-electron chi connectivity index (χ0n) is 8.44. The lowest BCUT2D eigenvalue weighted by Gasteiger charge is -2.08. The molecule has 0 unspecified atom stereocenters. The quantitative estimate of drug-likeness (QED) is 0.774. The highest BCUT2D eigenvalue weighted by Crippen LogP contribution is 2.05. The molecule has 0 N–H and O–H groups in total. The SMILES string of the molecule is CN(C)c1ncc(C=CCCBr)cn1. The van der Waals surface area contributed by atoms with Gasteiger partial charge in [0.05, 0.1) is 0 Å². The third kappa shape index (κ3) is 3.46. The second kappa shape index (κ2) is 5.75. The van der Waals surface area contributed by atoms with Crippen molar-refractivity contribution >= 4 is 28.0 Å². The molecule has 1 aromatic heterocycles. The normalized spacial score (nSPS) is 10.8. The van der Waals surface area contributed by atoms with Crippen molar-refractivity contribution < 1.29 is 0 Å². The Balaban J connectivity index is 2.64. The van der Waals surface area contributed by atoms with Crippen LogP contribution in [0, 0.1) is 0 Å². The van der Waals surface area contributed by atoms with Crippen LogP contribution in [0.4, 0.5) is 5.95 Å². The molecule has 0 fully saturated rings. The Morgan fingerprint density at radius 1 is 1.36 bits per heavy atom. The van der Waals surface area contributed by atoms with Crippen molar-refractivity contribution in [2.24, 2.45) is 0 Å². The van der Waals surface area contributed by atoms with Gasteiger partial charge in [-0.05, 0) is 6.42 Å². The Kier molecular flexibility index (Phi) is 4.59. The summed E-state index contributed by atoms with van der Waals surface area (Å²) in [6, 6.07) is 0. The number of alkyl halides is 1. The first-order chi connectivity index (χ1) is 6.74. The Morgan fingerprint density at radius 3 is 2.50 bits per heavy atom. The van der Waals surface area contributed by atoms with E-state index >= 15 is 0 Å². The zero-order valence-corrected chi connectivity index (χ0v) is 10.0. The van der Waals surface area contributed by atoms with Gasteiger partial charge in [0.15, 0.2) is 0 Å². The van der Waals surface area contributed by atoms with Crippen LogP contribution in [0.1, 0.15) is 12.0 Å². The van der Waals surface area contributed by atoms with Crippen LogP contribution in [0.25, 0.3) is 6.08 Å². The summed E-state index contributed by atoms with van der Waals surface area (Å²) in [6.07, 6.45) is 8.80. The third-order valence-corrected chi connectivity index (χ3v) is 2.10. The molecule has 0 aliphatic carbocycles. The summed E-state index contributed by atoms with van der Waals surface area (Å²) in [5.74, 6) is 0.739. The maximum atomic E-state index is 4.21. The Bertz CT molecular complexity index is 293. The highest BCUT2D eigenvalue weighted by atomic mass is 79.9. The average Bonchev–Trinajstić information content (AvgIpc) is 2.19. The zero-order chi connectivity index (χ0) is 10.4. The summed E-state index contributed by atoms with van der Waals surface area (Å²) in [4.78, 5) is 10.3. The van der Waals surface area contributed by atoms with Crippen LogP contribution in [0.15, 0.2) is 18.5 Å². The number of anilines is 1. The predicted octanol–water partition coefficient (Wildman–Crippen LogP) is 2.34. The van der Waals surface area contributed by atoms with Crippen molar-refractivity contribution in [3.05, 3.63) is 24.0 Å². The number of hydrogen-bond acceptors (Lipinski definition) is 3. The van der Waals surface area contributed by atoms with Gasteiger partial charge in [0, 0.05) is 37.4 Å². The number of aromatic nitrogens is 2. The number of halogens is 1. The standard InChI is InChI=1S/C10H14BrN3/c1-14(2)10-12-7-9(8-13-10)5-3-4-6-11/h3,5,7-8H,4,6H2,1-2H3. The first-order valence-corrected chi connectivity index (χ1v) is 5.58. The molecule has 0 aromatic carbocycles. The highest BCUT2D eigenvalue weighted by Gasteiger charge is 1.96. The lowest BCUT2D eigenvalue weighted by atomic mass is 10.3. The molecule has 0 aliphatic heterocycles. The average molecular weight is 256 g/mol. The topological polar surface area (TPSA) is 29.0 Å². The molecule has 1 aromatic rings. The van der Waals surface area contributed by atoms with Gasteiger partial charge in [-0.3, -0.25) is 0 Å². The summed E-state index contributed by atoms with van der Waals surface area (Å²) < 4.78 is 0. The van der Waals surface area contributed by atoms with E-state index in [2.05, 4.69) is 32.0 Å². The molecule has 1 rings (SSSR count). The molecule has 0 bridgehead atoms. The fourth-order valence-electron chi connectivity index (χ4n) is 0.931. The molecule has 0 radical (unpaired) electrons. The van der Waals surface area contributed by atoms with E-state index in [9.17, 15) is 0 Å². The molecular weight excluding hydrogens is 242 g/mol. The summed E-state index contributed by atoms with van der Waals surface area (Å²) >= 11 is 3.36. The van der Waals surface area contributed by atoms with Gasteiger partial charge < -0.3 is 4.90 Å². The number of hydrogen-bond donors (Lipinski definition) is 0. The van der Waals surface area contributed by atoms with Crippen molar-refractivity contribution in [1.82, 2.24) is 9.97 Å². The molecule has 3 nitrogen and oxygen atoms in total. The predicted molar refractivity (Wildman–Crippen MR) is 63.8 cm³/mol. The monoisotopic (exact) mass is 255 g/mol. The molecule has 0 saturated heterocycles. The molecule has 0 atom stereocenters. The van der Waals surface area contributed by atoms with Crippen LogP contribution in [0.2, 0.25) is 0 Å². The van der Waals surface area contributed by atoms with Crippen molar-refractivity contribution in [1.29, 1.82) is 0 Å². The van der Waals surface area contributed by atoms with Gasteiger partial charge in [-0.25, -0.2) is 9.97 Å². The maximum absolute atomic E-state index is 4.21. The molecule has 0 saturated carbocycles. The Hall–Kier alpha value is -0.900. The van der Waals surface area contributed by atoms with Gasteiger partial charge in [0.1, 0.15) is 0 Å². The Morgan fingerprint density at radius 2 is 2.00 bits per heavy atom. The minimum Gasteiger partial charge on any atom is -0.347 e. The second-order valence-corrected chi connectivity index (χ2v) is 3.88. The maximum Gasteiger partial charge on any atom is 0.224 e. The first kappa shape index (κ1) is 11.2. The minimum absolute atomic E-state index is 0.739.